The normalized spacial score (nSPS) is 12.2. The third-order valence-electron chi connectivity index (χ3n) is 2.90. The number of hydrogen-bond acceptors (Lipinski definition) is 3. The summed E-state index contributed by atoms with van der Waals surface area (Å²) in [5, 5.41) is 3.42. The van der Waals surface area contributed by atoms with E-state index in [-0.39, 0.29) is 12.0 Å². The van der Waals surface area contributed by atoms with Gasteiger partial charge < -0.3 is 10.1 Å². The summed E-state index contributed by atoms with van der Waals surface area (Å²) in [5.41, 5.74) is 2.52. The van der Waals surface area contributed by atoms with Crippen LogP contribution in [0.4, 0.5) is 0 Å². The van der Waals surface area contributed by atoms with E-state index in [4.69, 9.17) is 4.74 Å². The zero-order valence-corrected chi connectivity index (χ0v) is 11.5. The second-order valence-corrected chi connectivity index (χ2v) is 4.51. The summed E-state index contributed by atoms with van der Waals surface area (Å²) in [4.78, 5) is 11.1. The van der Waals surface area contributed by atoms with Crippen LogP contribution in [0.3, 0.4) is 0 Å². The molecule has 0 heterocycles. The van der Waals surface area contributed by atoms with E-state index in [1.165, 1.54) is 11.1 Å². The van der Waals surface area contributed by atoms with E-state index in [2.05, 4.69) is 43.4 Å². The van der Waals surface area contributed by atoms with Gasteiger partial charge in [0.25, 0.3) is 0 Å². The molecule has 0 saturated carbocycles. The highest BCUT2D eigenvalue weighted by atomic mass is 16.5. The van der Waals surface area contributed by atoms with Crippen molar-refractivity contribution in [2.45, 2.75) is 46.2 Å². The molecule has 18 heavy (non-hydrogen) atoms. The second kappa shape index (κ2) is 7.88. The maximum atomic E-state index is 11.1. The molecule has 0 amide bonds. The van der Waals surface area contributed by atoms with Gasteiger partial charge in [-0.25, -0.2) is 0 Å². The number of ether oxygens (including phenoxy) is 1. The van der Waals surface area contributed by atoms with Crippen molar-refractivity contribution in [1.82, 2.24) is 5.32 Å². The average Bonchev–Trinajstić information content (AvgIpc) is 2.38. The fraction of sp³-hybridized carbons (Fsp3) is 0.533. The van der Waals surface area contributed by atoms with Crippen LogP contribution in [0.5, 0.6) is 0 Å². The molecule has 0 aromatic heterocycles. The van der Waals surface area contributed by atoms with Gasteiger partial charge in [0.2, 0.25) is 0 Å². The van der Waals surface area contributed by atoms with Gasteiger partial charge in [-0.15, -0.1) is 0 Å². The Labute approximate surface area is 110 Å². The van der Waals surface area contributed by atoms with E-state index in [1.807, 2.05) is 6.92 Å². The minimum absolute atomic E-state index is 0.134. The van der Waals surface area contributed by atoms with E-state index in [9.17, 15) is 4.79 Å². The van der Waals surface area contributed by atoms with E-state index in [0.29, 0.717) is 13.0 Å². The summed E-state index contributed by atoms with van der Waals surface area (Å²) in [7, 11) is 0. The number of carbonyl (C=O) groups excluding carboxylic acids is 1. The average molecular weight is 249 g/mol. The third kappa shape index (κ3) is 5.32. The molecule has 1 aromatic rings. The van der Waals surface area contributed by atoms with Gasteiger partial charge >= 0.3 is 5.97 Å². The van der Waals surface area contributed by atoms with Crippen LogP contribution in [-0.2, 0) is 16.1 Å². The Bertz CT molecular complexity index is 377. The van der Waals surface area contributed by atoms with Crippen LogP contribution < -0.4 is 5.32 Å². The van der Waals surface area contributed by atoms with Crippen molar-refractivity contribution in [1.29, 1.82) is 0 Å². The van der Waals surface area contributed by atoms with E-state index < -0.39 is 0 Å². The summed E-state index contributed by atoms with van der Waals surface area (Å²) in [6.45, 7) is 7.25. The molecule has 3 nitrogen and oxygen atoms in total. The lowest BCUT2D eigenvalue weighted by atomic mass is 10.1. The first-order valence-corrected chi connectivity index (χ1v) is 6.60. The molecule has 1 aromatic carbocycles. The fourth-order valence-corrected chi connectivity index (χ4v) is 1.70. The fourth-order valence-electron chi connectivity index (χ4n) is 1.70. The van der Waals surface area contributed by atoms with Crippen molar-refractivity contribution in [3.05, 3.63) is 35.4 Å². The van der Waals surface area contributed by atoms with Crippen molar-refractivity contribution in [3.8, 4) is 0 Å². The monoisotopic (exact) mass is 249 g/mol. The molecule has 0 radical (unpaired) electrons. The zero-order chi connectivity index (χ0) is 13.4. The van der Waals surface area contributed by atoms with Gasteiger partial charge in [0, 0.05) is 19.0 Å². The van der Waals surface area contributed by atoms with Crippen molar-refractivity contribution >= 4 is 5.97 Å². The molecule has 0 aliphatic heterocycles. The van der Waals surface area contributed by atoms with Gasteiger partial charge in [-0.05, 0) is 18.9 Å². The minimum atomic E-state index is -0.134. The number of nitrogens with one attached hydrogen (secondary N) is 1. The first-order chi connectivity index (χ1) is 8.65. The molecule has 1 atom stereocenters. The largest absolute Gasteiger partial charge is 0.464 e. The lowest BCUT2D eigenvalue weighted by molar-refractivity contribution is -0.144. The molecule has 0 fully saturated rings. The minimum Gasteiger partial charge on any atom is -0.464 e. The molecular weight excluding hydrogens is 226 g/mol. The van der Waals surface area contributed by atoms with E-state index in [1.54, 1.807) is 0 Å². The first kappa shape index (κ1) is 14.7. The molecule has 100 valence electrons. The van der Waals surface area contributed by atoms with Gasteiger partial charge in [0.05, 0.1) is 0 Å². The van der Waals surface area contributed by atoms with Gasteiger partial charge in [0.15, 0.2) is 0 Å². The molecule has 0 spiro atoms. The first-order valence-electron chi connectivity index (χ1n) is 6.60. The molecule has 0 saturated heterocycles. The molecule has 0 aliphatic rings. The predicted octanol–water partition coefficient (Wildman–Crippen LogP) is 2.82. The standard InChI is InChI=1S/C15H23NO2/c1-4-14(11-18-15(17)5-2)16-10-13-8-6-7-12(3)9-13/h6-9,14,16H,4-5,10-11H2,1-3H3. The van der Waals surface area contributed by atoms with Crippen LogP contribution in [0, 0.1) is 6.92 Å². The molecule has 3 heteroatoms. The van der Waals surface area contributed by atoms with Crippen molar-refractivity contribution in [3.63, 3.8) is 0 Å². The molecular formula is C15H23NO2. The van der Waals surface area contributed by atoms with Crippen LogP contribution in [0.1, 0.15) is 37.8 Å². The summed E-state index contributed by atoms with van der Waals surface area (Å²) in [5.74, 6) is -0.134. The Hall–Kier alpha value is -1.35. The number of rotatable bonds is 7. The Morgan fingerprint density at radius 3 is 2.78 bits per heavy atom. The highest BCUT2D eigenvalue weighted by Crippen LogP contribution is 2.04. The van der Waals surface area contributed by atoms with Gasteiger partial charge in [-0.1, -0.05) is 43.7 Å². The predicted molar refractivity (Wildman–Crippen MR) is 73.3 cm³/mol. The van der Waals surface area contributed by atoms with E-state index in [0.717, 1.165) is 13.0 Å². The molecule has 1 N–H and O–H groups in total. The van der Waals surface area contributed by atoms with Crippen molar-refractivity contribution < 1.29 is 9.53 Å². The number of benzene rings is 1. The van der Waals surface area contributed by atoms with Crippen molar-refractivity contribution in [2.24, 2.45) is 0 Å². The second-order valence-electron chi connectivity index (χ2n) is 4.51. The lowest BCUT2D eigenvalue weighted by Crippen LogP contribution is -2.33. The van der Waals surface area contributed by atoms with Crippen LogP contribution in [0.25, 0.3) is 0 Å². The highest BCUT2D eigenvalue weighted by Gasteiger charge is 2.08. The molecule has 0 bridgehead atoms. The summed E-state index contributed by atoms with van der Waals surface area (Å²) >= 11 is 0. The summed E-state index contributed by atoms with van der Waals surface area (Å²) in [6, 6.07) is 8.64. The highest BCUT2D eigenvalue weighted by molar-refractivity contribution is 5.68. The van der Waals surface area contributed by atoms with Gasteiger partial charge in [0.1, 0.15) is 6.61 Å². The SMILES string of the molecule is CCC(=O)OCC(CC)NCc1cccc(C)c1. The van der Waals surface area contributed by atoms with Crippen molar-refractivity contribution in [2.75, 3.05) is 6.61 Å². The van der Waals surface area contributed by atoms with Crippen LogP contribution in [-0.4, -0.2) is 18.6 Å². The Morgan fingerprint density at radius 2 is 2.17 bits per heavy atom. The number of hydrogen-bond donors (Lipinski definition) is 1. The zero-order valence-electron chi connectivity index (χ0n) is 11.5. The number of esters is 1. The van der Waals surface area contributed by atoms with Gasteiger partial charge in [-0.3, -0.25) is 4.79 Å². The molecule has 1 rings (SSSR count). The molecule has 0 aliphatic carbocycles. The van der Waals surface area contributed by atoms with Crippen LogP contribution in [0.15, 0.2) is 24.3 Å². The maximum absolute atomic E-state index is 11.1. The quantitative estimate of drug-likeness (QED) is 0.755. The number of aryl methyl sites for hydroxylation is 1. The molecule has 1 unspecified atom stereocenters. The van der Waals surface area contributed by atoms with Gasteiger partial charge in [-0.2, -0.15) is 0 Å². The number of carbonyl (C=O) groups is 1. The van der Waals surface area contributed by atoms with Crippen LogP contribution >= 0.6 is 0 Å². The summed E-state index contributed by atoms with van der Waals surface area (Å²) in [6.07, 6.45) is 1.39. The summed E-state index contributed by atoms with van der Waals surface area (Å²) < 4.78 is 5.15. The third-order valence-corrected chi connectivity index (χ3v) is 2.90. The maximum Gasteiger partial charge on any atom is 0.305 e. The lowest BCUT2D eigenvalue weighted by Gasteiger charge is -2.17. The smallest absolute Gasteiger partial charge is 0.305 e. The topological polar surface area (TPSA) is 38.3 Å². The Morgan fingerprint density at radius 1 is 1.39 bits per heavy atom. The Kier molecular flexibility index (Phi) is 6.44. The van der Waals surface area contributed by atoms with Crippen LogP contribution in [0.2, 0.25) is 0 Å². The van der Waals surface area contributed by atoms with E-state index >= 15 is 0 Å². The Balaban J connectivity index is 2.37.